The molecule has 0 saturated heterocycles. The van der Waals surface area contributed by atoms with Gasteiger partial charge in [-0.05, 0) is 57.1 Å². The van der Waals surface area contributed by atoms with Gasteiger partial charge in [-0.3, -0.25) is 0 Å². The zero-order chi connectivity index (χ0) is 15.4. The predicted molar refractivity (Wildman–Crippen MR) is 86.1 cm³/mol. The Balaban J connectivity index is 2.15. The van der Waals surface area contributed by atoms with Gasteiger partial charge in [-0.2, -0.15) is 0 Å². The number of aromatic carboxylic acids is 1. The fraction of sp³-hybridized carbons (Fsp3) is 0.471. The average molecular weight is 288 g/mol. The highest BCUT2D eigenvalue weighted by Crippen LogP contribution is 2.24. The molecule has 2 rings (SSSR count). The van der Waals surface area contributed by atoms with Crippen LogP contribution in [0, 0.1) is 6.92 Å². The number of rotatable bonds is 7. The Kier molecular flexibility index (Phi) is 5.02. The number of nitrogens with zero attached hydrogens (tertiary/aromatic N) is 1. The summed E-state index contributed by atoms with van der Waals surface area (Å²) in [5.74, 6) is -0.862. The lowest BCUT2D eigenvalue weighted by Gasteiger charge is -2.17. The van der Waals surface area contributed by atoms with Crippen LogP contribution in [-0.2, 0) is 6.42 Å². The van der Waals surface area contributed by atoms with Gasteiger partial charge in [0.2, 0.25) is 0 Å². The maximum absolute atomic E-state index is 11.4. The quantitative estimate of drug-likeness (QED) is 0.820. The van der Waals surface area contributed by atoms with Crippen LogP contribution in [0.3, 0.4) is 0 Å². The van der Waals surface area contributed by atoms with Crippen LogP contribution in [0.2, 0.25) is 0 Å². The number of hydrogen-bond donors (Lipinski definition) is 2. The van der Waals surface area contributed by atoms with Gasteiger partial charge in [0.05, 0.1) is 5.56 Å². The summed E-state index contributed by atoms with van der Waals surface area (Å²) < 4.78 is 0. The molecule has 1 aromatic heterocycles. The molecule has 0 fully saturated rings. The predicted octanol–water partition coefficient (Wildman–Crippen LogP) is 3.45. The van der Waals surface area contributed by atoms with Crippen LogP contribution in [-0.4, -0.2) is 40.6 Å². The maximum atomic E-state index is 11.4. The number of H-pyrrole nitrogens is 1. The molecule has 0 radical (unpaired) electrons. The smallest absolute Gasteiger partial charge is 0.338 e. The first-order valence-corrected chi connectivity index (χ1v) is 7.63. The molecule has 1 aromatic carbocycles. The first kappa shape index (κ1) is 15.6. The van der Waals surface area contributed by atoms with E-state index < -0.39 is 5.97 Å². The Labute approximate surface area is 125 Å². The van der Waals surface area contributed by atoms with Crippen molar-refractivity contribution in [3.63, 3.8) is 0 Å². The normalized spacial score (nSPS) is 11.4. The average Bonchev–Trinajstić information content (AvgIpc) is 2.78. The molecule has 0 spiro atoms. The van der Waals surface area contributed by atoms with E-state index in [9.17, 15) is 9.90 Å². The number of carbonyl (C=O) groups is 1. The summed E-state index contributed by atoms with van der Waals surface area (Å²) in [6.07, 6.45) is 2.08. The lowest BCUT2D eigenvalue weighted by molar-refractivity contribution is 0.0698. The zero-order valence-electron chi connectivity index (χ0n) is 13.1. The van der Waals surface area contributed by atoms with Gasteiger partial charge in [0.15, 0.2) is 0 Å². The summed E-state index contributed by atoms with van der Waals surface area (Å²) in [6.45, 7) is 9.41. The van der Waals surface area contributed by atoms with Crippen molar-refractivity contribution in [1.82, 2.24) is 9.88 Å². The molecular weight excluding hydrogens is 264 g/mol. The number of benzene rings is 1. The summed E-state index contributed by atoms with van der Waals surface area (Å²) in [5, 5.41) is 10.1. The number of aromatic amines is 1. The van der Waals surface area contributed by atoms with Crippen molar-refractivity contribution in [2.75, 3.05) is 19.6 Å². The van der Waals surface area contributed by atoms with Crippen LogP contribution in [0.5, 0.6) is 0 Å². The molecule has 0 unspecified atom stereocenters. The van der Waals surface area contributed by atoms with Crippen LogP contribution in [0.1, 0.15) is 41.9 Å². The molecule has 0 aliphatic rings. The first-order valence-electron chi connectivity index (χ1n) is 7.63. The molecule has 21 heavy (non-hydrogen) atoms. The summed E-state index contributed by atoms with van der Waals surface area (Å²) in [7, 11) is 0. The van der Waals surface area contributed by atoms with Crippen molar-refractivity contribution < 1.29 is 9.90 Å². The highest BCUT2D eigenvalue weighted by molar-refractivity contribution is 6.04. The van der Waals surface area contributed by atoms with Gasteiger partial charge in [-0.1, -0.05) is 19.9 Å². The second-order valence-corrected chi connectivity index (χ2v) is 5.44. The largest absolute Gasteiger partial charge is 0.478 e. The highest BCUT2D eigenvalue weighted by Gasteiger charge is 2.15. The number of hydrogen-bond acceptors (Lipinski definition) is 2. The van der Waals surface area contributed by atoms with Crippen molar-refractivity contribution in [3.05, 3.63) is 35.0 Å². The maximum Gasteiger partial charge on any atom is 0.338 e. The lowest BCUT2D eigenvalue weighted by Crippen LogP contribution is -2.24. The summed E-state index contributed by atoms with van der Waals surface area (Å²) >= 11 is 0. The SMILES string of the molecule is CCN(CC)CCCc1ccc2[nH]c(C)c(C(=O)O)c2c1. The van der Waals surface area contributed by atoms with Crippen molar-refractivity contribution in [2.45, 2.75) is 33.6 Å². The fourth-order valence-corrected chi connectivity index (χ4v) is 2.85. The fourth-order valence-electron chi connectivity index (χ4n) is 2.85. The summed E-state index contributed by atoms with van der Waals surface area (Å²) in [5.41, 5.74) is 3.22. The minimum Gasteiger partial charge on any atom is -0.478 e. The highest BCUT2D eigenvalue weighted by atomic mass is 16.4. The standard InChI is InChI=1S/C17H24N2O2/c1-4-19(5-2)10-6-7-13-8-9-15-14(11-13)16(17(20)21)12(3)18-15/h8-9,11,18H,4-7,10H2,1-3H3,(H,20,21). The Hall–Kier alpha value is -1.81. The monoisotopic (exact) mass is 288 g/mol. The van der Waals surface area contributed by atoms with Gasteiger partial charge in [-0.15, -0.1) is 0 Å². The number of carboxylic acids is 1. The van der Waals surface area contributed by atoms with Crippen molar-refractivity contribution in [2.24, 2.45) is 0 Å². The van der Waals surface area contributed by atoms with Crippen molar-refractivity contribution >= 4 is 16.9 Å². The van der Waals surface area contributed by atoms with E-state index in [2.05, 4.69) is 29.8 Å². The van der Waals surface area contributed by atoms with Gasteiger partial charge in [-0.25, -0.2) is 4.79 Å². The third kappa shape index (κ3) is 3.45. The molecule has 4 nitrogen and oxygen atoms in total. The van der Waals surface area contributed by atoms with Gasteiger partial charge in [0.1, 0.15) is 0 Å². The number of fused-ring (bicyclic) bond motifs is 1. The Morgan fingerprint density at radius 3 is 2.62 bits per heavy atom. The van der Waals surface area contributed by atoms with Gasteiger partial charge in [0.25, 0.3) is 0 Å². The van der Waals surface area contributed by atoms with E-state index in [4.69, 9.17) is 0 Å². The number of aryl methyl sites for hydroxylation is 2. The second kappa shape index (κ2) is 6.76. The number of nitrogens with one attached hydrogen (secondary N) is 1. The van der Waals surface area contributed by atoms with E-state index >= 15 is 0 Å². The first-order chi connectivity index (χ1) is 10.1. The molecular formula is C17H24N2O2. The van der Waals surface area contributed by atoms with Crippen LogP contribution >= 0.6 is 0 Å². The zero-order valence-corrected chi connectivity index (χ0v) is 13.1. The van der Waals surface area contributed by atoms with Gasteiger partial charge >= 0.3 is 5.97 Å². The molecule has 1 heterocycles. The van der Waals surface area contributed by atoms with E-state index in [-0.39, 0.29) is 0 Å². The van der Waals surface area contributed by atoms with E-state index in [1.807, 2.05) is 19.1 Å². The Morgan fingerprint density at radius 1 is 1.29 bits per heavy atom. The van der Waals surface area contributed by atoms with Gasteiger partial charge < -0.3 is 15.0 Å². The molecule has 2 aromatic rings. The van der Waals surface area contributed by atoms with Crippen LogP contribution in [0.25, 0.3) is 10.9 Å². The topological polar surface area (TPSA) is 56.3 Å². The van der Waals surface area contributed by atoms with Crippen molar-refractivity contribution in [1.29, 1.82) is 0 Å². The molecule has 0 aliphatic carbocycles. The molecule has 0 aliphatic heterocycles. The summed E-state index contributed by atoms with van der Waals surface area (Å²) in [6, 6.07) is 6.10. The molecule has 114 valence electrons. The molecule has 0 saturated carbocycles. The minimum absolute atomic E-state index is 0.399. The number of carboxylic acid groups (broad SMARTS) is 1. The molecule has 4 heteroatoms. The Bertz CT molecular complexity index is 627. The van der Waals surface area contributed by atoms with Crippen LogP contribution in [0.4, 0.5) is 0 Å². The van der Waals surface area contributed by atoms with Crippen molar-refractivity contribution in [3.8, 4) is 0 Å². The molecule has 0 amide bonds. The lowest BCUT2D eigenvalue weighted by atomic mass is 10.0. The minimum atomic E-state index is -0.862. The second-order valence-electron chi connectivity index (χ2n) is 5.44. The van der Waals surface area contributed by atoms with Gasteiger partial charge in [0, 0.05) is 16.6 Å². The third-order valence-corrected chi connectivity index (χ3v) is 4.10. The van der Waals surface area contributed by atoms with E-state index in [0.717, 1.165) is 49.1 Å². The summed E-state index contributed by atoms with van der Waals surface area (Å²) in [4.78, 5) is 16.9. The van der Waals surface area contributed by atoms with E-state index in [0.29, 0.717) is 5.56 Å². The van der Waals surface area contributed by atoms with E-state index in [1.165, 1.54) is 5.56 Å². The molecule has 0 atom stereocenters. The van der Waals surface area contributed by atoms with Crippen LogP contribution in [0.15, 0.2) is 18.2 Å². The van der Waals surface area contributed by atoms with E-state index in [1.54, 1.807) is 0 Å². The number of aromatic nitrogens is 1. The third-order valence-electron chi connectivity index (χ3n) is 4.10. The molecule has 0 bridgehead atoms. The molecule has 2 N–H and O–H groups in total. The Morgan fingerprint density at radius 2 is 2.00 bits per heavy atom. The van der Waals surface area contributed by atoms with Crippen LogP contribution < -0.4 is 0 Å².